The van der Waals surface area contributed by atoms with Crippen LogP contribution in [0.3, 0.4) is 0 Å². The molecule has 1 unspecified atom stereocenters. The number of carbonyl (C=O) groups is 1. The van der Waals surface area contributed by atoms with Crippen LogP contribution in [0.4, 0.5) is 8.78 Å². The van der Waals surface area contributed by atoms with Crippen LogP contribution in [0.2, 0.25) is 0 Å². The third-order valence-electron chi connectivity index (χ3n) is 2.77. The molecule has 0 aliphatic heterocycles. The zero-order valence-corrected chi connectivity index (χ0v) is 10.6. The van der Waals surface area contributed by atoms with Crippen LogP contribution in [-0.4, -0.2) is 19.5 Å². The van der Waals surface area contributed by atoms with Gasteiger partial charge in [0, 0.05) is 18.7 Å². The molecule has 0 aliphatic carbocycles. The quantitative estimate of drug-likeness (QED) is 0.815. The van der Waals surface area contributed by atoms with Crippen molar-refractivity contribution in [2.24, 2.45) is 5.92 Å². The second-order valence-corrected chi connectivity index (χ2v) is 4.12. The highest BCUT2D eigenvalue weighted by molar-refractivity contribution is 5.78. The molecule has 1 rings (SSSR count). The molecule has 1 aromatic rings. The molecule has 2 N–H and O–H groups in total. The number of nitrogens with one attached hydrogen (secondary N) is 2. The molecule has 0 fully saturated rings. The van der Waals surface area contributed by atoms with Gasteiger partial charge in [-0.05, 0) is 31.7 Å². The molecule has 1 aromatic carbocycles. The summed E-state index contributed by atoms with van der Waals surface area (Å²) in [4.78, 5) is 11.8. The molecule has 1 atom stereocenters. The number of carbonyl (C=O) groups excluding carboxylic acids is 1. The molecule has 5 heteroatoms. The number of halogens is 2. The van der Waals surface area contributed by atoms with Crippen molar-refractivity contribution in [2.45, 2.75) is 19.9 Å². The van der Waals surface area contributed by atoms with Crippen molar-refractivity contribution in [2.75, 3.05) is 13.6 Å². The molecule has 0 radical (unpaired) electrons. The minimum Gasteiger partial charge on any atom is -0.352 e. The van der Waals surface area contributed by atoms with E-state index in [0.717, 1.165) is 18.2 Å². The van der Waals surface area contributed by atoms with Gasteiger partial charge in [-0.15, -0.1) is 0 Å². The van der Waals surface area contributed by atoms with Crippen LogP contribution in [0.25, 0.3) is 0 Å². The number of hydrogen-bond donors (Lipinski definition) is 2. The Morgan fingerprint density at radius 3 is 2.72 bits per heavy atom. The van der Waals surface area contributed by atoms with Crippen molar-refractivity contribution in [1.29, 1.82) is 0 Å². The average molecular weight is 256 g/mol. The van der Waals surface area contributed by atoms with Gasteiger partial charge in [0.25, 0.3) is 0 Å². The topological polar surface area (TPSA) is 41.1 Å². The second-order valence-electron chi connectivity index (χ2n) is 4.12. The van der Waals surface area contributed by atoms with Gasteiger partial charge in [0.15, 0.2) is 0 Å². The Hall–Kier alpha value is -1.49. The van der Waals surface area contributed by atoms with Gasteiger partial charge >= 0.3 is 0 Å². The Bertz CT molecular complexity index is 410. The summed E-state index contributed by atoms with van der Waals surface area (Å²) in [6, 6.07) is 3.20. The van der Waals surface area contributed by atoms with Gasteiger partial charge in [0.05, 0.1) is 5.92 Å². The maximum Gasteiger partial charge on any atom is 0.224 e. The normalized spacial score (nSPS) is 12.2. The number of benzene rings is 1. The van der Waals surface area contributed by atoms with Gasteiger partial charge < -0.3 is 10.6 Å². The third-order valence-corrected chi connectivity index (χ3v) is 2.77. The van der Waals surface area contributed by atoms with E-state index in [4.69, 9.17) is 0 Å². The van der Waals surface area contributed by atoms with Gasteiger partial charge in [-0.25, -0.2) is 8.78 Å². The molecule has 0 spiro atoms. The Kier molecular flexibility index (Phi) is 5.71. The molecular formula is C13H18F2N2O. The SMILES string of the molecule is CCC(CNC)C(=O)NCc1cc(F)ccc1F. The zero-order chi connectivity index (χ0) is 13.5. The molecule has 100 valence electrons. The van der Waals surface area contributed by atoms with E-state index >= 15 is 0 Å². The fourth-order valence-corrected chi connectivity index (χ4v) is 1.67. The molecule has 0 heterocycles. The maximum absolute atomic E-state index is 13.3. The Morgan fingerprint density at radius 2 is 2.11 bits per heavy atom. The van der Waals surface area contributed by atoms with E-state index < -0.39 is 11.6 Å². The Morgan fingerprint density at radius 1 is 1.39 bits per heavy atom. The number of amides is 1. The van der Waals surface area contributed by atoms with Crippen LogP contribution in [0.5, 0.6) is 0 Å². The maximum atomic E-state index is 13.3. The Labute approximate surface area is 106 Å². The summed E-state index contributed by atoms with van der Waals surface area (Å²) in [6.07, 6.45) is 0.693. The summed E-state index contributed by atoms with van der Waals surface area (Å²) in [5.41, 5.74) is 0.155. The lowest BCUT2D eigenvalue weighted by Gasteiger charge is -2.14. The smallest absolute Gasteiger partial charge is 0.224 e. The number of hydrogen-bond acceptors (Lipinski definition) is 2. The molecule has 0 saturated carbocycles. The molecular weight excluding hydrogens is 238 g/mol. The van der Waals surface area contributed by atoms with Crippen LogP contribution in [-0.2, 0) is 11.3 Å². The average Bonchev–Trinajstić information content (AvgIpc) is 2.36. The summed E-state index contributed by atoms with van der Waals surface area (Å²) in [5, 5.41) is 5.54. The fraction of sp³-hybridized carbons (Fsp3) is 0.462. The van der Waals surface area contributed by atoms with E-state index in [0.29, 0.717) is 13.0 Å². The van der Waals surface area contributed by atoms with E-state index in [-0.39, 0.29) is 23.9 Å². The first-order chi connectivity index (χ1) is 8.58. The van der Waals surface area contributed by atoms with Gasteiger partial charge in [0.2, 0.25) is 5.91 Å². The minimum absolute atomic E-state index is 0.00262. The van der Waals surface area contributed by atoms with Crippen LogP contribution < -0.4 is 10.6 Å². The fourth-order valence-electron chi connectivity index (χ4n) is 1.67. The largest absolute Gasteiger partial charge is 0.352 e. The van der Waals surface area contributed by atoms with E-state index in [1.54, 1.807) is 7.05 Å². The zero-order valence-electron chi connectivity index (χ0n) is 10.6. The predicted octanol–water partition coefficient (Wildman–Crippen LogP) is 1.83. The van der Waals surface area contributed by atoms with Gasteiger partial charge in [-0.1, -0.05) is 6.92 Å². The first-order valence-corrected chi connectivity index (χ1v) is 5.94. The highest BCUT2D eigenvalue weighted by Gasteiger charge is 2.15. The standard InChI is InChI=1S/C13H18F2N2O/c1-3-9(7-16-2)13(18)17-8-10-6-11(14)4-5-12(10)15/h4-6,9,16H,3,7-8H2,1-2H3,(H,17,18). The van der Waals surface area contributed by atoms with Crippen molar-refractivity contribution in [1.82, 2.24) is 10.6 Å². The lowest BCUT2D eigenvalue weighted by molar-refractivity contribution is -0.125. The van der Waals surface area contributed by atoms with Crippen LogP contribution in [0.1, 0.15) is 18.9 Å². The second kappa shape index (κ2) is 7.06. The summed E-state index contributed by atoms with van der Waals surface area (Å²) in [7, 11) is 1.77. The van der Waals surface area contributed by atoms with Crippen LogP contribution in [0, 0.1) is 17.6 Å². The van der Waals surface area contributed by atoms with Crippen molar-refractivity contribution >= 4 is 5.91 Å². The van der Waals surface area contributed by atoms with E-state index in [2.05, 4.69) is 10.6 Å². The summed E-state index contributed by atoms with van der Waals surface area (Å²) < 4.78 is 26.2. The van der Waals surface area contributed by atoms with Crippen LogP contribution >= 0.6 is 0 Å². The molecule has 18 heavy (non-hydrogen) atoms. The summed E-state index contributed by atoms with van der Waals surface area (Å²) in [6.45, 7) is 2.47. The summed E-state index contributed by atoms with van der Waals surface area (Å²) >= 11 is 0. The van der Waals surface area contributed by atoms with Crippen molar-refractivity contribution in [3.05, 3.63) is 35.4 Å². The van der Waals surface area contributed by atoms with E-state index in [1.165, 1.54) is 0 Å². The molecule has 0 aromatic heterocycles. The molecule has 0 aliphatic rings. The first kappa shape index (κ1) is 14.6. The third kappa shape index (κ3) is 4.07. The lowest BCUT2D eigenvalue weighted by Crippen LogP contribution is -2.35. The highest BCUT2D eigenvalue weighted by atomic mass is 19.1. The summed E-state index contributed by atoms with van der Waals surface area (Å²) in [5.74, 6) is -1.34. The molecule has 0 saturated heterocycles. The van der Waals surface area contributed by atoms with Gasteiger partial charge in [0.1, 0.15) is 11.6 Å². The van der Waals surface area contributed by atoms with Crippen LogP contribution in [0.15, 0.2) is 18.2 Å². The number of rotatable bonds is 6. The minimum atomic E-state index is -0.515. The Balaban J connectivity index is 2.58. The predicted molar refractivity (Wildman–Crippen MR) is 65.9 cm³/mol. The first-order valence-electron chi connectivity index (χ1n) is 5.94. The molecule has 0 bridgehead atoms. The van der Waals surface area contributed by atoms with Crippen molar-refractivity contribution < 1.29 is 13.6 Å². The molecule has 1 amide bonds. The highest BCUT2D eigenvalue weighted by Crippen LogP contribution is 2.10. The lowest BCUT2D eigenvalue weighted by atomic mass is 10.1. The monoisotopic (exact) mass is 256 g/mol. The van der Waals surface area contributed by atoms with Gasteiger partial charge in [-0.2, -0.15) is 0 Å². The van der Waals surface area contributed by atoms with Crippen molar-refractivity contribution in [3.8, 4) is 0 Å². The van der Waals surface area contributed by atoms with E-state index in [9.17, 15) is 13.6 Å². The van der Waals surface area contributed by atoms with E-state index in [1.807, 2.05) is 6.92 Å². The van der Waals surface area contributed by atoms with Gasteiger partial charge in [-0.3, -0.25) is 4.79 Å². The molecule has 3 nitrogen and oxygen atoms in total. The van der Waals surface area contributed by atoms with Crippen molar-refractivity contribution in [3.63, 3.8) is 0 Å².